The van der Waals surface area contributed by atoms with Gasteiger partial charge in [-0.3, -0.25) is 19.4 Å². The van der Waals surface area contributed by atoms with E-state index in [1.807, 2.05) is 24.1 Å². The molecule has 2 N–H and O–H groups in total. The minimum Gasteiger partial charge on any atom is -0.481 e. The summed E-state index contributed by atoms with van der Waals surface area (Å²) in [5, 5.41) is 11.9. The normalized spacial score (nSPS) is 22.3. The number of carboxylic acid groups (broad SMARTS) is 1. The van der Waals surface area contributed by atoms with Crippen LogP contribution in [0, 0.1) is 6.92 Å². The van der Waals surface area contributed by atoms with Crippen LogP contribution in [0.4, 0.5) is 5.69 Å². The third-order valence-electron chi connectivity index (χ3n) is 5.96. The molecule has 1 aromatic rings. The summed E-state index contributed by atoms with van der Waals surface area (Å²) in [6.07, 6.45) is 4.90. The number of nitrogens with one attached hydrogen (secondary N) is 1. The number of aromatic nitrogens is 1. The predicted molar refractivity (Wildman–Crippen MR) is 109 cm³/mol. The third-order valence-corrected chi connectivity index (χ3v) is 5.96. The first kappa shape index (κ1) is 21.1. The Morgan fingerprint density at radius 1 is 1.21 bits per heavy atom. The van der Waals surface area contributed by atoms with Gasteiger partial charge in [0.25, 0.3) is 0 Å². The molecule has 0 saturated carbocycles. The van der Waals surface area contributed by atoms with Crippen molar-refractivity contribution in [1.29, 1.82) is 0 Å². The van der Waals surface area contributed by atoms with Crippen molar-refractivity contribution in [3.8, 4) is 0 Å². The second kappa shape index (κ2) is 9.24. The lowest BCUT2D eigenvalue weighted by molar-refractivity contribution is -0.137. The summed E-state index contributed by atoms with van der Waals surface area (Å²) in [5.41, 5.74) is 1.55. The van der Waals surface area contributed by atoms with E-state index < -0.39 is 11.5 Å². The monoisotopic (exact) mass is 402 g/mol. The third kappa shape index (κ3) is 5.68. The number of carbonyl (C=O) groups is 3. The maximum Gasteiger partial charge on any atom is 0.303 e. The molecule has 8 heteroatoms. The first-order valence-corrected chi connectivity index (χ1v) is 10.4. The van der Waals surface area contributed by atoms with Gasteiger partial charge in [-0.05, 0) is 44.7 Å². The highest BCUT2D eigenvalue weighted by atomic mass is 16.4. The second-order valence-corrected chi connectivity index (χ2v) is 8.10. The van der Waals surface area contributed by atoms with E-state index in [1.165, 1.54) is 0 Å². The molecule has 0 aromatic carbocycles. The Bertz CT molecular complexity index is 769. The van der Waals surface area contributed by atoms with Crippen molar-refractivity contribution < 1.29 is 19.5 Å². The fourth-order valence-electron chi connectivity index (χ4n) is 4.28. The fourth-order valence-corrected chi connectivity index (χ4v) is 4.28. The number of rotatable bonds is 7. The summed E-state index contributed by atoms with van der Waals surface area (Å²) in [6, 6.07) is 4.06. The van der Waals surface area contributed by atoms with Crippen molar-refractivity contribution in [3.05, 3.63) is 24.0 Å². The molecular weight excluding hydrogens is 372 g/mol. The van der Waals surface area contributed by atoms with Crippen molar-refractivity contribution in [3.63, 3.8) is 0 Å². The minimum absolute atomic E-state index is 0.00149. The Balaban J connectivity index is 1.54. The molecule has 2 amide bonds. The predicted octanol–water partition coefficient (Wildman–Crippen LogP) is 1.72. The van der Waals surface area contributed by atoms with Gasteiger partial charge in [-0.25, -0.2) is 0 Å². The Kier molecular flexibility index (Phi) is 6.71. The number of carboxylic acids is 1. The molecule has 2 aliphatic rings. The Labute approximate surface area is 171 Å². The Morgan fingerprint density at radius 3 is 2.69 bits per heavy atom. The molecule has 0 bridgehead atoms. The summed E-state index contributed by atoms with van der Waals surface area (Å²) >= 11 is 0. The van der Waals surface area contributed by atoms with Crippen LogP contribution in [0.1, 0.15) is 50.6 Å². The SMILES string of the molecule is Cc1cc(N2CCCN(C(=O)CC[C@]3(CCC(=O)O)CCC(=O)N3)CC2)ccn1. The van der Waals surface area contributed by atoms with E-state index in [-0.39, 0.29) is 18.2 Å². The lowest BCUT2D eigenvalue weighted by Crippen LogP contribution is -2.43. The van der Waals surface area contributed by atoms with E-state index in [1.54, 1.807) is 0 Å². The van der Waals surface area contributed by atoms with Gasteiger partial charge in [-0.2, -0.15) is 0 Å². The van der Waals surface area contributed by atoms with Crippen LogP contribution >= 0.6 is 0 Å². The summed E-state index contributed by atoms with van der Waals surface area (Å²) in [6.45, 7) is 5.02. The highest BCUT2D eigenvalue weighted by molar-refractivity contribution is 5.80. The molecule has 0 unspecified atom stereocenters. The summed E-state index contributed by atoms with van der Waals surface area (Å²) in [4.78, 5) is 44.0. The molecule has 3 rings (SSSR count). The average Bonchev–Trinajstić information content (AvgIpc) is 2.90. The number of amides is 2. The number of aliphatic carboxylic acids is 1. The Hall–Kier alpha value is -2.64. The van der Waals surface area contributed by atoms with Gasteiger partial charge in [0.2, 0.25) is 11.8 Å². The van der Waals surface area contributed by atoms with Gasteiger partial charge in [-0.15, -0.1) is 0 Å². The van der Waals surface area contributed by atoms with Crippen LogP contribution < -0.4 is 10.2 Å². The van der Waals surface area contributed by atoms with Crippen LogP contribution in [0.25, 0.3) is 0 Å². The zero-order chi connectivity index (χ0) is 20.9. The molecule has 1 aromatic heterocycles. The quantitative estimate of drug-likeness (QED) is 0.720. The van der Waals surface area contributed by atoms with Gasteiger partial charge in [0, 0.05) is 68.6 Å². The second-order valence-electron chi connectivity index (χ2n) is 8.10. The largest absolute Gasteiger partial charge is 0.481 e. The van der Waals surface area contributed by atoms with E-state index in [9.17, 15) is 14.4 Å². The summed E-state index contributed by atoms with van der Waals surface area (Å²) < 4.78 is 0. The van der Waals surface area contributed by atoms with E-state index in [4.69, 9.17) is 5.11 Å². The fraction of sp³-hybridized carbons (Fsp3) is 0.619. The first-order valence-electron chi connectivity index (χ1n) is 10.4. The first-order chi connectivity index (χ1) is 13.9. The topological polar surface area (TPSA) is 103 Å². The van der Waals surface area contributed by atoms with E-state index >= 15 is 0 Å². The number of anilines is 1. The van der Waals surface area contributed by atoms with E-state index in [2.05, 4.69) is 21.3 Å². The highest BCUT2D eigenvalue weighted by Crippen LogP contribution is 2.30. The molecule has 2 saturated heterocycles. The number of hydrogen-bond donors (Lipinski definition) is 2. The number of carbonyl (C=O) groups excluding carboxylic acids is 2. The van der Waals surface area contributed by atoms with Crippen molar-refractivity contribution in [2.45, 2.75) is 57.4 Å². The molecular formula is C21H30N4O4. The van der Waals surface area contributed by atoms with Crippen molar-refractivity contribution >= 4 is 23.5 Å². The van der Waals surface area contributed by atoms with Gasteiger partial charge in [0.05, 0.1) is 0 Å². The molecule has 0 radical (unpaired) electrons. The molecule has 3 heterocycles. The maximum absolute atomic E-state index is 12.8. The summed E-state index contributed by atoms with van der Waals surface area (Å²) in [5.74, 6) is -0.856. The minimum atomic E-state index is -0.879. The van der Waals surface area contributed by atoms with Gasteiger partial charge in [0.1, 0.15) is 0 Å². The highest BCUT2D eigenvalue weighted by Gasteiger charge is 2.38. The molecule has 0 aliphatic carbocycles. The van der Waals surface area contributed by atoms with Gasteiger partial charge in [-0.1, -0.05) is 0 Å². The lowest BCUT2D eigenvalue weighted by Gasteiger charge is -2.30. The van der Waals surface area contributed by atoms with Crippen LogP contribution in [0.3, 0.4) is 0 Å². The van der Waals surface area contributed by atoms with Crippen molar-refractivity contribution in [2.24, 2.45) is 0 Å². The van der Waals surface area contributed by atoms with Crippen LogP contribution in [-0.2, 0) is 14.4 Å². The number of pyridine rings is 1. The van der Waals surface area contributed by atoms with Crippen LogP contribution in [0.2, 0.25) is 0 Å². The number of nitrogens with zero attached hydrogens (tertiary/aromatic N) is 3. The number of hydrogen-bond acceptors (Lipinski definition) is 5. The molecule has 158 valence electrons. The van der Waals surface area contributed by atoms with Crippen LogP contribution in [0.15, 0.2) is 18.3 Å². The van der Waals surface area contributed by atoms with E-state index in [0.29, 0.717) is 45.2 Å². The maximum atomic E-state index is 12.8. The zero-order valence-corrected chi connectivity index (χ0v) is 17.0. The van der Waals surface area contributed by atoms with Gasteiger partial charge >= 0.3 is 5.97 Å². The van der Waals surface area contributed by atoms with Gasteiger partial charge < -0.3 is 20.2 Å². The van der Waals surface area contributed by atoms with Crippen molar-refractivity contribution in [2.75, 3.05) is 31.1 Å². The zero-order valence-electron chi connectivity index (χ0n) is 17.0. The van der Waals surface area contributed by atoms with E-state index in [0.717, 1.165) is 30.9 Å². The molecule has 1 atom stereocenters. The van der Waals surface area contributed by atoms with Gasteiger partial charge in [0.15, 0.2) is 0 Å². The molecule has 8 nitrogen and oxygen atoms in total. The Morgan fingerprint density at radius 2 is 2.00 bits per heavy atom. The summed E-state index contributed by atoms with van der Waals surface area (Å²) in [7, 11) is 0. The van der Waals surface area contributed by atoms with Crippen LogP contribution in [-0.4, -0.2) is 64.5 Å². The van der Waals surface area contributed by atoms with Crippen molar-refractivity contribution in [1.82, 2.24) is 15.2 Å². The molecule has 2 aliphatic heterocycles. The lowest BCUT2D eigenvalue weighted by atomic mass is 9.86. The van der Waals surface area contributed by atoms with Crippen LogP contribution in [0.5, 0.6) is 0 Å². The molecule has 0 spiro atoms. The number of aryl methyl sites for hydroxylation is 1. The standard InChI is InChI=1S/C21H30N4O4/c1-16-15-17(6-10-22-16)24-11-2-12-25(14-13-24)19(27)4-8-21(9-5-20(28)29)7-3-18(26)23-21/h6,10,15H,2-5,7-9,11-14H2,1H3,(H,23,26)(H,28,29)/t21-/m0/s1. The molecule has 2 fully saturated rings. The smallest absolute Gasteiger partial charge is 0.303 e. The molecule has 29 heavy (non-hydrogen) atoms. The average molecular weight is 402 g/mol.